The smallest absolute Gasteiger partial charge is 0.404 e. The van der Waals surface area contributed by atoms with Crippen LogP contribution in [0.2, 0.25) is 0 Å². The topological polar surface area (TPSA) is 49.3 Å². The van der Waals surface area contributed by atoms with Crippen molar-refractivity contribution in [1.29, 1.82) is 0 Å². The molecule has 0 aliphatic rings. The Labute approximate surface area is 66.0 Å². The van der Waals surface area contributed by atoms with Gasteiger partial charge >= 0.3 is 6.09 Å². The lowest BCUT2D eigenvalue weighted by molar-refractivity contribution is 0.195. The molecule has 0 aliphatic heterocycles. The number of halogens is 2. The molecule has 0 unspecified atom stereocenters. The maximum absolute atomic E-state index is 11.7. The molecule has 0 atom stereocenters. The lowest BCUT2D eigenvalue weighted by Gasteiger charge is -1.99. The van der Waals surface area contributed by atoms with Crippen molar-refractivity contribution in [3.63, 3.8) is 0 Å². The molecule has 0 bridgehead atoms. The fraction of sp³-hybridized carbons (Fsp3) is 0.400. The number of carboxylic acid groups (broad SMARTS) is 1. The van der Waals surface area contributed by atoms with Gasteiger partial charge in [0.1, 0.15) is 0 Å². The molecule has 0 aromatic rings. The van der Waals surface area contributed by atoms with Crippen LogP contribution in [0.1, 0.15) is 0 Å². The van der Waals surface area contributed by atoms with Crippen molar-refractivity contribution < 1.29 is 14.3 Å². The molecular formula is C5H7BrFNO2. The number of amides is 1. The summed E-state index contributed by atoms with van der Waals surface area (Å²) in [4.78, 5) is 9.86. The van der Waals surface area contributed by atoms with Gasteiger partial charge in [-0.15, -0.1) is 0 Å². The van der Waals surface area contributed by atoms with Crippen molar-refractivity contribution in [3.05, 3.63) is 11.9 Å². The van der Waals surface area contributed by atoms with Crippen LogP contribution in [0.4, 0.5) is 9.18 Å². The predicted molar refractivity (Wildman–Crippen MR) is 39.0 cm³/mol. The van der Waals surface area contributed by atoms with Gasteiger partial charge < -0.3 is 10.4 Å². The Balaban J connectivity index is 3.56. The van der Waals surface area contributed by atoms with E-state index in [0.717, 1.165) is 0 Å². The highest BCUT2D eigenvalue weighted by molar-refractivity contribution is 9.09. The van der Waals surface area contributed by atoms with E-state index in [1.807, 2.05) is 5.32 Å². The maximum atomic E-state index is 11.7. The zero-order chi connectivity index (χ0) is 7.98. The SMILES string of the molecule is O=C(O)NCC(=CF)CBr. The van der Waals surface area contributed by atoms with E-state index >= 15 is 0 Å². The van der Waals surface area contributed by atoms with Crippen LogP contribution in [-0.4, -0.2) is 23.1 Å². The van der Waals surface area contributed by atoms with E-state index in [-0.39, 0.29) is 6.54 Å². The van der Waals surface area contributed by atoms with Crippen molar-refractivity contribution in [1.82, 2.24) is 5.32 Å². The molecule has 10 heavy (non-hydrogen) atoms. The Morgan fingerprint density at radius 1 is 1.80 bits per heavy atom. The van der Waals surface area contributed by atoms with Crippen LogP contribution in [0.15, 0.2) is 11.9 Å². The van der Waals surface area contributed by atoms with Crippen molar-refractivity contribution >= 4 is 22.0 Å². The number of alkyl halides is 1. The van der Waals surface area contributed by atoms with Gasteiger partial charge in [0.25, 0.3) is 0 Å². The summed E-state index contributed by atoms with van der Waals surface area (Å²) in [6.07, 6.45) is -0.773. The Morgan fingerprint density at radius 3 is 2.70 bits per heavy atom. The average molecular weight is 212 g/mol. The van der Waals surface area contributed by atoms with E-state index in [9.17, 15) is 9.18 Å². The molecule has 3 nitrogen and oxygen atoms in total. The van der Waals surface area contributed by atoms with Crippen LogP contribution in [0.3, 0.4) is 0 Å². The molecule has 0 aliphatic carbocycles. The van der Waals surface area contributed by atoms with Gasteiger partial charge in [0, 0.05) is 11.9 Å². The fourth-order valence-electron chi connectivity index (χ4n) is 0.304. The zero-order valence-electron chi connectivity index (χ0n) is 5.10. The van der Waals surface area contributed by atoms with Gasteiger partial charge in [-0.05, 0) is 5.57 Å². The van der Waals surface area contributed by atoms with Gasteiger partial charge in [-0.1, -0.05) is 15.9 Å². The summed E-state index contributed by atoms with van der Waals surface area (Å²) in [5, 5.41) is 10.4. The molecular weight excluding hydrogens is 205 g/mol. The highest BCUT2D eigenvalue weighted by Crippen LogP contribution is 1.97. The number of nitrogens with one attached hydrogen (secondary N) is 1. The first-order valence-electron chi connectivity index (χ1n) is 2.51. The van der Waals surface area contributed by atoms with Crippen LogP contribution >= 0.6 is 15.9 Å². The van der Waals surface area contributed by atoms with Crippen molar-refractivity contribution in [2.75, 3.05) is 11.9 Å². The fourth-order valence-corrected chi connectivity index (χ4v) is 0.625. The van der Waals surface area contributed by atoms with Crippen molar-refractivity contribution in [3.8, 4) is 0 Å². The van der Waals surface area contributed by atoms with Crippen LogP contribution < -0.4 is 5.32 Å². The Kier molecular flexibility index (Phi) is 4.92. The highest BCUT2D eigenvalue weighted by atomic mass is 79.9. The molecule has 5 heteroatoms. The first kappa shape index (κ1) is 9.42. The Bertz CT molecular complexity index is 149. The lowest BCUT2D eigenvalue weighted by atomic mass is 10.3. The average Bonchev–Trinajstić information content (AvgIpc) is 1.90. The maximum Gasteiger partial charge on any atom is 0.404 e. The minimum atomic E-state index is -1.15. The van der Waals surface area contributed by atoms with Gasteiger partial charge in [0.15, 0.2) is 0 Å². The molecule has 0 fully saturated rings. The molecule has 0 aromatic heterocycles. The number of hydrogen-bond donors (Lipinski definition) is 2. The molecule has 1 amide bonds. The summed E-state index contributed by atoms with van der Waals surface area (Å²) in [6.45, 7) is 0.0249. The van der Waals surface area contributed by atoms with E-state index in [0.29, 0.717) is 17.2 Å². The third kappa shape index (κ3) is 4.31. The molecule has 0 aromatic carbocycles. The van der Waals surface area contributed by atoms with Crippen molar-refractivity contribution in [2.45, 2.75) is 0 Å². The second kappa shape index (κ2) is 5.22. The highest BCUT2D eigenvalue weighted by Gasteiger charge is 1.97. The van der Waals surface area contributed by atoms with Gasteiger partial charge in [-0.3, -0.25) is 0 Å². The third-order valence-corrected chi connectivity index (χ3v) is 1.51. The van der Waals surface area contributed by atoms with Crippen LogP contribution in [-0.2, 0) is 0 Å². The lowest BCUT2D eigenvalue weighted by Crippen LogP contribution is -2.23. The van der Waals surface area contributed by atoms with Gasteiger partial charge in [-0.2, -0.15) is 0 Å². The Hall–Kier alpha value is -0.580. The number of rotatable bonds is 3. The first-order valence-corrected chi connectivity index (χ1v) is 3.63. The summed E-state index contributed by atoms with van der Waals surface area (Å²) < 4.78 is 11.7. The first-order chi connectivity index (χ1) is 4.70. The standard InChI is InChI=1S/C5H7BrFNO2/c6-1-4(2-7)3-8-5(9)10/h2,8H,1,3H2,(H,9,10). The van der Waals surface area contributed by atoms with E-state index in [2.05, 4.69) is 15.9 Å². The van der Waals surface area contributed by atoms with Gasteiger partial charge in [0.05, 0.1) is 6.33 Å². The van der Waals surface area contributed by atoms with Gasteiger partial charge in [0.2, 0.25) is 0 Å². The minimum Gasteiger partial charge on any atom is -0.465 e. The van der Waals surface area contributed by atoms with Gasteiger partial charge in [-0.25, -0.2) is 9.18 Å². The largest absolute Gasteiger partial charge is 0.465 e. The summed E-state index contributed by atoms with van der Waals surface area (Å²) >= 11 is 2.98. The molecule has 0 saturated heterocycles. The van der Waals surface area contributed by atoms with E-state index < -0.39 is 6.09 Å². The molecule has 0 saturated carbocycles. The Morgan fingerprint density at radius 2 is 2.40 bits per heavy atom. The molecule has 58 valence electrons. The van der Waals surface area contributed by atoms with Crippen LogP contribution in [0.5, 0.6) is 0 Å². The van der Waals surface area contributed by atoms with E-state index in [1.54, 1.807) is 0 Å². The molecule has 0 heterocycles. The normalized spacial score (nSPS) is 11.2. The van der Waals surface area contributed by atoms with E-state index in [4.69, 9.17) is 5.11 Å². The number of carbonyl (C=O) groups is 1. The minimum absolute atomic E-state index is 0.0249. The summed E-state index contributed by atoms with van der Waals surface area (Å²) in [6, 6.07) is 0. The second-order valence-electron chi connectivity index (χ2n) is 1.56. The second-order valence-corrected chi connectivity index (χ2v) is 2.12. The zero-order valence-corrected chi connectivity index (χ0v) is 6.69. The molecule has 0 spiro atoms. The van der Waals surface area contributed by atoms with Crippen molar-refractivity contribution in [2.24, 2.45) is 0 Å². The molecule has 0 rings (SSSR count). The molecule has 2 N–H and O–H groups in total. The monoisotopic (exact) mass is 211 g/mol. The predicted octanol–water partition coefficient (Wildman–Crippen LogP) is 1.50. The third-order valence-electron chi connectivity index (χ3n) is 0.793. The summed E-state index contributed by atoms with van der Waals surface area (Å²) in [5.41, 5.74) is 0.363. The van der Waals surface area contributed by atoms with E-state index in [1.165, 1.54) is 0 Å². The molecule has 0 radical (unpaired) electrons. The quantitative estimate of drug-likeness (QED) is 0.696. The number of hydrogen-bond acceptors (Lipinski definition) is 1. The van der Waals surface area contributed by atoms with Crippen LogP contribution in [0, 0.1) is 0 Å². The van der Waals surface area contributed by atoms with Crippen LogP contribution in [0.25, 0.3) is 0 Å². The summed E-state index contributed by atoms with van der Waals surface area (Å²) in [5.74, 6) is 0. The summed E-state index contributed by atoms with van der Waals surface area (Å²) in [7, 11) is 0.